The fraction of sp³-hybridized carbons (Fsp3) is 0.154. The number of nitrogens with zero attached hydrogens (tertiary/aromatic N) is 2. The molecule has 0 aromatic heterocycles. The number of hydrogen-bond acceptors (Lipinski definition) is 6. The Morgan fingerprint density at radius 2 is 1.71 bits per heavy atom. The van der Waals surface area contributed by atoms with Crippen molar-refractivity contribution in [3.8, 4) is 11.5 Å². The molecule has 35 heavy (non-hydrogen) atoms. The second-order valence-corrected chi connectivity index (χ2v) is 9.31. The van der Waals surface area contributed by atoms with Gasteiger partial charge in [0.15, 0.2) is 11.5 Å². The van der Waals surface area contributed by atoms with E-state index >= 15 is 0 Å². The largest absolute Gasteiger partial charge is 0.493 e. The van der Waals surface area contributed by atoms with Gasteiger partial charge in [-0.1, -0.05) is 61.2 Å². The molecule has 0 heterocycles. The first kappa shape index (κ1) is 25.7. The molecule has 0 aliphatic carbocycles. The van der Waals surface area contributed by atoms with Gasteiger partial charge < -0.3 is 9.47 Å². The van der Waals surface area contributed by atoms with E-state index in [1.165, 1.54) is 25.5 Å². The summed E-state index contributed by atoms with van der Waals surface area (Å²) in [4.78, 5) is 12.7. The van der Waals surface area contributed by atoms with Crippen molar-refractivity contribution in [3.05, 3.63) is 103 Å². The lowest BCUT2D eigenvalue weighted by Gasteiger charge is -2.21. The molecule has 0 bridgehead atoms. The predicted molar refractivity (Wildman–Crippen MR) is 135 cm³/mol. The van der Waals surface area contributed by atoms with Crippen molar-refractivity contribution in [1.29, 1.82) is 0 Å². The summed E-state index contributed by atoms with van der Waals surface area (Å²) in [6.45, 7) is 3.59. The van der Waals surface area contributed by atoms with Gasteiger partial charge in [0, 0.05) is 6.54 Å². The lowest BCUT2D eigenvalue weighted by atomic mass is 10.2. The molecule has 0 radical (unpaired) electrons. The van der Waals surface area contributed by atoms with Crippen LogP contribution in [-0.4, -0.2) is 45.1 Å². The highest BCUT2D eigenvalue weighted by molar-refractivity contribution is 7.89. The molecule has 3 aromatic carbocycles. The third-order valence-electron chi connectivity index (χ3n) is 4.85. The number of amides is 1. The third kappa shape index (κ3) is 7.26. The predicted octanol–water partition coefficient (Wildman–Crippen LogP) is 3.60. The number of sulfonamides is 1. The van der Waals surface area contributed by atoms with E-state index in [9.17, 15) is 13.2 Å². The molecule has 3 aromatic rings. The number of ether oxygens (including phenoxy) is 2. The molecule has 8 nitrogen and oxygen atoms in total. The van der Waals surface area contributed by atoms with Gasteiger partial charge in [0.25, 0.3) is 5.91 Å². The topological polar surface area (TPSA) is 97.3 Å². The number of hydrazone groups is 1. The van der Waals surface area contributed by atoms with Gasteiger partial charge in [-0.25, -0.2) is 13.8 Å². The highest BCUT2D eigenvalue weighted by Gasteiger charge is 2.26. The number of benzene rings is 3. The Hall–Kier alpha value is -3.95. The van der Waals surface area contributed by atoms with Crippen LogP contribution in [0.3, 0.4) is 0 Å². The van der Waals surface area contributed by atoms with E-state index in [1.807, 2.05) is 18.2 Å². The van der Waals surface area contributed by atoms with Crippen LogP contribution in [0, 0.1) is 0 Å². The Kier molecular flexibility index (Phi) is 9.16. The summed E-state index contributed by atoms with van der Waals surface area (Å²) in [5, 5.41) is 3.97. The van der Waals surface area contributed by atoms with Crippen LogP contribution in [0.15, 0.2) is 102 Å². The lowest BCUT2D eigenvalue weighted by Crippen LogP contribution is -2.39. The zero-order valence-corrected chi connectivity index (χ0v) is 20.1. The van der Waals surface area contributed by atoms with E-state index in [0.717, 1.165) is 9.87 Å². The summed E-state index contributed by atoms with van der Waals surface area (Å²) in [6, 6.07) is 22.3. The van der Waals surface area contributed by atoms with Crippen LogP contribution in [0.5, 0.6) is 11.5 Å². The third-order valence-corrected chi connectivity index (χ3v) is 6.66. The van der Waals surface area contributed by atoms with Crippen LogP contribution in [0.25, 0.3) is 0 Å². The molecule has 1 N–H and O–H groups in total. The minimum atomic E-state index is -3.91. The fourth-order valence-electron chi connectivity index (χ4n) is 3.16. The minimum absolute atomic E-state index is 0.0402. The molecule has 182 valence electrons. The van der Waals surface area contributed by atoms with Crippen molar-refractivity contribution in [2.45, 2.75) is 11.4 Å². The smallest absolute Gasteiger partial charge is 0.255 e. The van der Waals surface area contributed by atoms with E-state index in [0.29, 0.717) is 23.7 Å². The SMILES string of the molecule is C=CCOc1ccc(/C=N/NC(=O)CN(Cc2ccccc2)S(=O)(=O)c2ccccc2)cc1OC. The lowest BCUT2D eigenvalue weighted by molar-refractivity contribution is -0.121. The minimum Gasteiger partial charge on any atom is -0.493 e. The molecular formula is C26H27N3O5S. The molecular weight excluding hydrogens is 466 g/mol. The summed E-state index contributed by atoms with van der Waals surface area (Å²) in [5.41, 5.74) is 3.81. The van der Waals surface area contributed by atoms with E-state index in [2.05, 4.69) is 17.1 Å². The summed E-state index contributed by atoms with van der Waals surface area (Å²) < 4.78 is 38.4. The maximum atomic E-state index is 13.2. The molecule has 3 rings (SSSR count). The Bertz CT molecular complexity index is 1260. The van der Waals surface area contributed by atoms with Crippen LogP contribution in [0.2, 0.25) is 0 Å². The molecule has 1 amide bonds. The maximum absolute atomic E-state index is 13.2. The van der Waals surface area contributed by atoms with Crippen LogP contribution in [0.1, 0.15) is 11.1 Å². The molecule has 9 heteroatoms. The summed E-state index contributed by atoms with van der Waals surface area (Å²) in [6.07, 6.45) is 3.06. The fourth-order valence-corrected chi connectivity index (χ4v) is 4.57. The van der Waals surface area contributed by atoms with Gasteiger partial charge in [-0.3, -0.25) is 4.79 Å². The Balaban J connectivity index is 1.72. The average molecular weight is 494 g/mol. The summed E-state index contributed by atoms with van der Waals surface area (Å²) in [5.74, 6) is 0.482. The van der Waals surface area contributed by atoms with Gasteiger partial charge >= 0.3 is 0 Å². The zero-order chi connectivity index (χ0) is 25.1. The van der Waals surface area contributed by atoms with Gasteiger partial charge in [-0.2, -0.15) is 9.41 Å². The number of carbonyl (C=O) groups is 1. The van der Waals surface area contributed by atoms with Gasteiger partial charge in [0.1, 0.15) is 6.61 Å². The molecule has 0 spiro atoms. The highest BCUT2D eigenvalue weighted by Crippen LogP contribution is 2.27. The van der Waals surface area contributed by atoms with E-state index in [1.54, 1.807) is 54.6 Å². The molecule has 0 aliphatic rings. The first-order valence-corrected chi connectivity index (χ1v) is 12.2. The second-order valence-electron chi connectivity index (χ2n) is 7.37. The Morgan fingerprint density at radius 3 is 2.37 bits per heavy atom. The number of hydrogen-bond donors (Lipinski definition) is 1. The molecule has 0 aliphatic heterocycles. The average Bonchev–Trinajstić information content (AvgIpc) is 2.88. The summed E-state index contributed by atoms with van der Waals surface area (Å²) in [7, 11) is -2.39. The Morgan fingerprint density at radius 1 is 1.03 bits per heavy atom. The number of rotatable bonds is 12. The molecule has 0 saturated heterocycles. The first-order valence-electron chi connectivity index (χ1n) is 10.8. The van der Waals surface area contributed by atoms with Crippen molar-refractivity contribution >= 4 is 22.1 Å². The second kappa shape index (κ2) is 12.5. The van der Waals surface area contributed by atoms with Crippen LogP contribution in [0.4, 0.5) is 0 Å². The standard InChI is InChI=1S/C26H27N3O5S/c1-3-16-34-24-15-14-22(17-25(24)33-2)18-27-28-26(30)20-29(19-21-10-6-4-7-11-21)35(31,32)23-12-8-5-9-13-23/h3-15,17-18H,1,16,19-20H2,2H3,(H,28,30)/b27-18+. The quantitative estimate of drug-likeness (QED) is 0.236. The summed E-state index contributed by atoms with van der Waals surface area (Å²) >= 11 is 0. The van der Waals surface area contributed by atoms with Crippen molar-refractivity contribution < 1.29 is 22.7 Å². The Labute approximate surface area is 205 Å². The van der Waals surface area contributed by atoms with E-state index in [4.69, 9.17) is 9.47 Å². The van der Waals surface area contributed by atoms with Gasteiger partial charge in [0.05, 0.1) is 24.8 Å². The molecule has 0 unspecified atom stereocenters. The van der Waals surface area contributed by atoms with Crippen molar-refractivity contribution in [2.75, 3.05) is 20.3 Å². The van der Waals surface area contributed by atoms with Crippen molar-refractivity contribution in [2.24, 2.45) is 5.10 Å². The normalized spacial score (nSPS) is 11.4. The maximum Gasteiger partial charge on any atom is 0.255 e. The first-order chi connectivity index (χ1) is 16.9. The van der Waals surface area contributed by atoms with Crippen molar-refractivity contribution in [3.63, 3.8) is 0 Å². The van der Waals surface area contributed by atoms with E-state index in [-0.39, 0.29) is 11.4 Å². The number of carbonyl (C=O) groups excluding carboxylic acids is 1. The van der Waals surface area contributed by atoms with Crippen LogP contribution >= 0.6 is 0 Å². The highest BCUT2D eigenvalue weighted by atomic mass is 32.2. The van der Waals surface area contributed by atoms with Crippen LogP contribution in [-0.2, 0) is 21.4 Å². The zero-order valence-electron chi connectivity index (χ0n) is 19.3. The molecule has 0 saturated carbocycles. The van der Waals surface area contributed by atoms with Gasteiger partial charge in [0.2, 0.25) is 10.0 Å². The van der Waals surface area contributed by atoms with E-state index < -0.39 is 22.5 Å². The monoisotopic (exact) mass is 493 g/mol. The van der Waals surface area contributed by atoms with Crippen molar-refractivity contribution in [1.82, 2.24) is 9.73 Å². The van der Waals surface area contributed by atoms with Crippen LogP contribution < -0.4 is 14.9 Å². The molecule has 0 fully saturated rings. The van der Waals surface area contributed by atoms with Gasteiger partial charge in [-0.05, 0) is 41.5 Å². The van der Waals surface area contributed by atoms with Gasteiger partial charge in [-0.15, -0.1) is 0 Å². The number of nitrogens with one attached hydrogen (secondary N) is 1. The number of methoxy groups -OCH3 is 1. The molecule has 0 atom stereocenters.